The number of hydrogen-bond acceptors (Lipinski definition) is 2. The maximum Gasteiger partial charge on any atom is 0.224 e. The first-order chi connectivity index (χ1) is 7.58. The number of carbonyl (C=O) groups excluding carboxylic acids is 1. The van der Waals surface area contributed by atoms with E-state index in [1.54, 1.807) is 0 Å². The monoisotopic (exact) mass is 224 g/mol. The minimum atomic E-state index is 0.207. The maximum atomic E-state index is 12.1. The molecule has 0 aromatic heterocycles. The van der Waals surface area contributed by atoms with Gasteiger partial charge >= 0.3 is 0 Å². The SMILES string of the molecule is CC1(C)CNCCC(=O)N(C2CCCC2)C1. The van der Waals surface area contributed by atoms with Crippen molar-refractivity contribution in [2.45, 2.75) is 52.0 Å². The fourth-order valence-electron chi connectivity index (χ4n) is 2.92. The zero-order valence-electron chi connectivity index (χ0n) is 10.6. The average molecular weight is 224 g/mol. The van der Waals surface area contributed by atoms with Crippen LogP contribution in [0.5, 0.6) is 0 Å². The molecule has 0 bridgehead atoms. The Morgan fingerprint density at radius 1 is 1.31 bits per heavy atom. The third-order valence-electron chi connectivity index (χ3n) is 3.80. The standard InChI is InChI=1S/C13H24N2O/c1-13(2)9-14-8-7-12(16)15(10-13)11-5-3-4-6-11/h11,14H,3-10H2,1-2H3. The van der Waals surface area contributed by atoms with Crippen molar-refractivity contribution in [1.82, 2.24) is 10.2 Å². The minimum Gasteiger partial charge on any atom is -0.339 e. The highest BCUT2D eigenvalue weighted by Crippen LogP contribution is 2.28. The lowest BCUT2D eigenvalue weighted by Gasteiger charge is -2.38. The van der Waals surface area contributed by atoms with Gasteiger partial charge in [-0.3, -0.25) is 4.79 Å². The molecule has 16 heavy (non-hydrogen) atoms. The van der Waals surface area contributed by atoms with Crippen molar-refractivity contribution in [1.29, 1.82) is 0 Å². The van der Waals surface area contributed by atoms with Gasteiger partial charge < -0.3 is 10.2 Å². The van der Waals surface area contributed by atoms with E-state index in [1.807, 2.05) is 0 Å². The van der Waals surface area contributed by atoms with E-state index in [0.717, 1.165) is 19.6 Å². The van der Waals surface area contributed by atoms with Crippen LogP contribution in [0.1, 0.15) is 46.0 Å². The molecule has 0 unspecified atom stereocenters. The normalized spacial score (nSPS) is 27.9. The highest BCUT2D eigenvalue weighted by atomic mass is 16.2. The molecule has 2 fully saturated rings. The molecule has 1 aliphatic heterocycles. The first-order valence-corrected chi connectivity index (χ1v) is 6.59. The summed E-state index contributed by atoms with van der Waals surface area (Å²) in [5, 5.41) is 3.37. The van der Waals surface area contributed by atoms with Gasteiger partial charge in [-0.1, -0.05) is 26.7 Å². The predicted molar refractivity (Wildman–Crippen MR) is 65.2 cm³/mol. The second-order valence-electron chi connectivity index (χ2n) is 6.05. The molecule has 1 heterocycles. The molecule has 0 radical (unpaired) electrons. The second-order valence-corrected chi connectivity index (χ2v) is 6.05. The highest BCUT2D eigenvalue weighted by molar-refractivity contribution is 5.77. The van der Waals surface area contributed by atoms with Gasteiger partial charge in [0.1, 0.15) is 0 Å². The average Bonchev–Trinajstić information content (AvgIpc) is 2.72. The van der Waals surface area contributed by atoms with Crippen molar-refractivity contribution in [2.75, 3.05) is 19.6 Å². The molecule has 1 amide bonds. The predicted octanol–water partition coefficient (Wildman–Crippen LogP) is 1.78. The zero-order chi connectivity index (χ0) is 11.6. The third-order valence-corrected chi connectivity index (χ3v) is 3.80. The molecule has 1 saturated carbocycles. The molecule has 92 valence electrons. The van der Waals surface area contributed by atoms with Gasteiger partial charge in [0, 0.05) is 32.1 Å². The summed E-state index contributed by atoms with van der Waals surface area (Å²) < 4.78 is 0. The fourth-order valence-corrected chi connectivity index (χ4v) is 2.92. The van der Waals surface area contributed by atoms with Crippen molar-refractivity contribution in [3.63, 3.8) is 0 Å². The number of hydrogen-bond donors (Lipinski definition) is 1. The molecule has 3 heteroatoms. The van der Waals surface area contributed by atoms with Crippen LogP contribution in [0.2, 0.25) is 0 Å². The van der Waals surface area contributed by atoms with Crippen LogP contribution in [0.4, 0.5) is 0 Å². The highest BCUT2D eigenvalue weighted by Gasteiger charge is 2.32. The molecule has 0 aromatic carbocycles. The summed E-state index contributed by atoms with van der Waals surface area (Å²) >= 11 is 0. The van der Waals surface area contributed by atoms with E-state index in [9.17, 15) is 4.79 Å². The summed E-state index contributed by atoms with van der Waals surface area (Å²) in [6.45, 7) is 7.28. The van der Waals surface area contributed by atoms with Crippen LogP contribution in [0.25, 0.3) is 0 Å². The Hall–Kier alpha value is -0.570. The van der Waals surface area contributed by atoms with Crippen molar-refractivity contribution >= 4 is 5.91 Å². The number of carbonyl (C=O) groups is 1. The van der Waals surface area contributed by atoms with E-state index in [2.05, 4.69) is 24.1 Å². The Kier molecular flexibility index (Phi) is 3.53. The molecule has 0 atom stereocenters. The lowest BCUT2D eigenvalue weighted by atomic mass is 9.90. The van der Waals surface area contributed by atoms with E-state index in [4.69, 9.17) is 0 Å². The molecule has 1 saturated heterocycles. The number of nitrogens with zero attached hydrogens (tertiary/aromatic N) is 1. The minimum absolute atomic E-state index is 0.207. The molecule has 0 aromatic rings. The van der Waals surface area contributed by atoms with E-state index in [-0.39, 0.29) is 5.41 Å². The zero-order valence-corrected chi connectivity index (χ0v) is 10.6. The number of amides is 1. The van der Waals surface area contributed by atoms with Crippen LogP contribution in [-0.4, -0.2) is 36.5 Å². The van der Waals surface area contributed by atoms with E-state index in [1.165, 1.54) is 25.7 Å². The van der Waals surface area contributed by atoms with Crippen LogP contribution >= 0.6 is 0 Å². The topological polar surface area (TPSA) is 32.3 Å². The van der Waals surface area contributed by atoms with Gasteiger partial charge in [0.2, 0.25) is 5.91 Å². The molecule has 2 aliphatic rings. The Labute approximate surface area is 98.6 Å². The molecule has 2 rings (SSSR count). The Bertz CT molecular complexity index is 257. The van der Waals surface area contributed by atoms with Gasteiger partial charge in [-0.25, -0.2) is 0 Å². The van der Waals surface area contributed by atoms with Crippen molar-refractivity contribution in [2.24, 2.45) is 5.41 Å². The number of rotatable bonds is 1. The Balaban J connectivity index is 2.07. The summed E-state index contributed by atoms with van der Waals surface area (Å²) in [6.07, 6.45) is 5.71. The largest absolute Gasteiger partial charge is 0.339 e. The van der Waals surface area contributed by atoms with Gasteiger partial charge in [-0.2, -0.15) is 0 Å². The van der Waals surface area contributed by atoms with E-state index >= 15 is 0 Å². The van der Waals surface area contributed by atoms with Crippen LogP contribution in [0.3, 0.4) is 0 Å². The van der Waals surface area contributed by atoms with Gasteiger partial charge in [0.05, 0.1) is 0 Å². The van der Waals surface area contributed by atoms with Crippen LogP contribution in [-0.2, 0) is 4.79 Å². The first-order valence-electron chi connectivity index (χ1n) is 6.59. The molecule has 0 spiro atoms. The second kappa shape index (κ2) is 4.74. The van der Waals surface area contributed by atoms with Gasteiger partial charge in [0.25, 0.3) is 0 Å². The maximum absolute atomic E-state index is 12.1. The molecule has 1 N–H and O–H groups in total. The molecule has 1 aliphatic carbocycles. The lowest BCUT2D eigenvalue weighted by Crippen LogP contribution is -2.50. The van der Waals surface area contributed by atoms with Crippen LogP contribution in [0.15, 0.2) is 0 Å². The molecular weight excluding hydrogens is 200 g/mol. The summed E-state index contributed by atoms with van der Waals surface area (Å²) in [5.41, 5.74) is 0.207. The fraction of sp³-hybridized carbons (Fsp3) is 0.923. The molecular formula is C13H24N2O. The van der Waals surface area contributed by atoms with Crippen molar-refractivity contribution < 1.29 is 4.79 Å². The smallest absolute Gasteiger partial charge is 0.224 e. The van der Waals surface area contributed by atoms with Crippen molar-refractivity contribution in [3.8, 4) is 0 Å². The lowest BCUT2D eigenvalue weighted by molar-refractivity contribution is -0.135. The summed E-state index contributed by atoms with van der Waals surface area (Å²) in [7, 11) is 0. The summed E-state index contributed by atoms with van der Waals surface area (Å²) in [4.78, 5) is 14.3. The quantitative estimate of drug-likeness (QED) is 0.736. The Morgan fingerprint density at radius 3 is 2.69 bits per heavy atom. The van der Waals surface area contributed by atoms with Gasteiger partial charge in [-0.15, -0.1) is 0 Å². The first kappa shape index (κ1) is 11.9. The van der Waals surface area contributed by atoms with E-state index in [0.29, 0.717) is 18.4 Å². The van der Waals surface area contributed by atoms with Crippen LogP contribution in [0, 0.1) is 5.41 Å². The van der Waals surface area contributed by atoms with Crippen LogP contribution < -0.4 is 5.32 Å². The summed E-state index contributed by atoms with van der Waals surface area (Å²) in [6, 6.07) is 0.532. The Morgan fingerprint density at radius 2 is 2.00 bits per heavy atom. The van der Waals surface area contributed by atoms with E-state index < -0.39 is 0 Å². The van der Waals surface area contributed by atoms with Gasteiger partial charge in [-0.05, 0) is 18.3 Å². The third kappa shape index (κ3) is 2.76. The molecule has 3 nitrogen and oxygen atoms in total. The number of nitrogens with one attached hydrogen (secondary N) is 1. The summed E-state index contributed by atoms with van der Waals surface area (Å²) in [5.74, 6) is 0.354. The van der Waals surface area contributed by atoms with Crippen molar-refractivity contribution in [3.05, 3.63) is 0 Å². The van der Waals surface area contributed by atoms with Gasteiger partial charge in [0.15, 0.2) is 0 Å².